The average molecular weight is 218 g/mol. The molecule has 1 fully saturated rings. The summed E-state index contributed by atoms with van der Waals surface area (Å²) in [5.41, 5.74) is 1.67. The quantitative estimate of drug-likeness (QED) is 0.714. The highest BCUT2D eigenvalue weighted by molar-refractivity contribution is 5.92. The van der Waals surface area contributed by atoms with Crippen LogP contribution in [0.1, 0.15) is 31.3 Å². The van der Waals surface area contributed by atoms with E-state index in [1.165, 1.54) is 0 Å². The molecule has 1 aromatic rings. The lowest BCUT2D eigenvalue weighted by Gasteiger charge is -2.17. The Bertz CT molecular complexity index is 375. The molecule has 3 heteroatoms. The van der Waals surface area contributed by atoms with E-state index in [0.29, 0.717) is 5.69 Å². The molecule has 1 aromatic heterocycles. The Balaban J connectivity index is 2.14. The lowest BCUT2D eigenvalue weighted by Crippen LogP contribution is -2.19. The molecule has 0 radical (unpaired) electrons. The van der Waals surface area contributed by atoms with E-state index in [-0.39, 0.29) is 5.78 Å². The van der Waals surface area contributed by atoms with Crippen LogP contribution in [-0.2, 0) is 0 Å². The second-order valence-electron chi connectivity index (χ2n) is 4.82. The van der Waals surface area contributed by atoms with Gasteiger partial charge in [-0.3, -0.25) is 9.78 Å². The van der Waals surface area contributed by atoms with Gasteiger partial charge in [-0.2, -0.15) is 0 Å². The van der Waals surface area contributed by atoms with Gasteiger partial charge in [0.05, 0.1) is 11.9 Å². The molecule has 2 rings (SSSR count). The summed E-state index contributed by atoms with van der Waals surface area (Å²) in [6.45, 7) is 8.27. The van der Waals surface area contributed by atoms with E-state index in [1.807, 2.05) is 18.3 Å². The number of hydrogen-bond acceptors (Lipinski definition) is 3. The number of carbonyl (C=O) groups is 1. The Hall–Kier alpha value is -1.38. The zero-order valence-electron chi connectivity index (χ0n) is 10.1. The van der Waals surface area contributed by atoms with Crippen molar-refractivity contribution in [3.8, 4) is 0 Å². The molecule has 0 aromatic carbocycles. The molecule has 1 aliphatic heterocycles. The first-order valence-corrected chi connectivity index (χ1v) is 5.80. The zero-order chi connectivity index (χ0) is 11.7. The highest BCUT2D eigenvalue weighted by Gasteiger charge is 2.26. The number of nitrogens with zero attached hydrogens (tertiary/aromatic N) is 2. The van der Waals surface area contributed by atoms with E-state index in [1.54, 1.807) is 6.92 Å². The van der Waals surface area contributed by atoms with E-state index < -0.39 is 0 Å². The van der Waals surface area contributed by atoms with Crippen molar-refractivity contribution in [2.24, 2.45) is 11.8 Å². The third-order valence-electron chi connectivity index (χ3n) is 3.46. The summed E-state index contributed by atoms with van der Waals surface area (Å²) in [7, 11) is 0. The van der Waals surface area contributed by atoms with Gasteiger partial charge in [0.1, 0.15) is 5.69 Å². The van der Waals surface area contributed by atoms with Crippen molar-refractivity contribution in [2.75, 3.05) is 18.0 Å². The Morgan fingerprint density at radius 1 is 1.31 bits per heavy atom. The van der Waals surface area contributed by atoms with Crippen molar-refractivity contribution in [3.63, 3.8) is 0 Å². The van der Waals surface area contributed by atoms with Crippen LogP contribution in [0.5, 0.6) is 0 Å². The van der Waals surface area contributed by atoms with E-state index >= 15 is 0 Å². The minimum atomic E-state index is 0.0229. The molecule has 1 saturated heterocycles. The first-order valence-electron chi connectivity index (χ1n) is 5.80. The maximum Gasteiger partial charge on any atom is 0.178 e. The molecule has 2 unspecified atom stereocenters. The van der Waals surface area contributed by atoms with Crippen molar-refractivity contribution < 1.29 is 4.79 Å². The van der Waals surface area contributed by atoms with Crippen LogP contribution in [0.4, 0.5) is 5.69 Å². The second-order valence-corrected chi connectivity index (χ2v) is 4.82. The molecule has 0 N–H and O–H groups in total. The summed E-state index contributed by atoms with van der Waals surface area (Å²) in [6.07, 6.45) is 1.81. The van der Waals surface area contributed by atoms with E-state index in [2.05, 4.69) is 23.7 Å². The minimum Gasteiger partial charge on any atom is -0.370 e. The zero-order valence-corrected chi connectivity index (χ0v) is 10.1. The van der Waals surface area contributed by atoms with Crippen LogP contribution in [0.25, 0.3) is 0 Å². The molecular weight excluding hydrogens is 200 g/mol. The first kappa shape index (κ1) is 11.1. The number of anilines is 1. The summed E-state index contributed by atoms with van der Waals surface area (Å²) in [4.78, 5) is 17.6. The largest absolute Gasteiger partial charge is 0.370 e. The van der Waals surface area contributed by atoms with Gasteiger partial charge in [0.15, 0.2) is 5.78 Å². The Morgan fingerprint density at radius 2 is 1.94 bits per heavy atom. The monoisotopic (exact) mass is 218 g/mol. The summed E-state index contributed by atoms with van der Waals surface area (Å²) >= 11 is 0. The van der Waals surface area contributed by atoms with E-state index in [4.69, 9.17) is 0 Å². The lowest BCUT2D eigenvalue weighted by molar-refractivity contribution is 0.101. The molecular formula is C13H18N2O. The lowest BCUT2D eigenvalue weighted by atomic mass is 10.0. The van der Waals surface area contributed by atoms with Gasteiger partial charge in [0.2, 0.25) is 0 Å². The fraction of sp³-hybridized carbons (Fsp3) is 0.538. The molecule has 16 heavy (non-hydrogen) atoms. The smallest absolute Gasteiger partial charge is 0.178 e. The van der Waals surface area contributed by atoms with Crippen LogP contribution < -0.4 is 4.90 Å². The van der Waals surface area contributed by atoms with Crippen LogP contribution in [0.15, 0.2) is 18.3 Å². The van der Waals surface area contributed by atoms with Crippen molar-refractivity contribution in [3.05, 3.63) is 24.0 Å². The molecule has 3 nitrogen and oxygen atoms in total. The van der Waals surface area contributed by atoms with Crippen LogP contribution in [0.2, 0.25) is 0 Å². The fourth-order valence-electron chi connectivity index (χ4n) is 2.12. The number of pyridine rings is 1. The Morgan fingerprint density at radius 3 is 2.38 bits per heavy atom. The van der Waals surface area contributed by atoms with Crippen molar-refractivity contribution in [2.45, 2.75) is 20.8 Å². The summed E-state index contributed by atoms with van der Waals surface area (Å²) in [5.74, 6) is 1.48. The Labute approximate surface area is 96.5 Å². The van der Waals surface area contributed by atoms with Gasteiger partial charge in [0.25, 0.3) is 0 Å². The molecule has 2 atom stereocenters. The average Bonchev–Trinajstić information content (AvgIpc) is 2.59. The van der Waals surface area contributed by atoms with E-state index in [9.17, 15) is 4.79 Å². The minimum absolute atomic E-state index is 0.0229. The maximum absolute atomic E-state index is 11.1. The van der Waals surface area contributed by atoms with Crippen molar-refractivity contribution in [1.29, 1.82) is 0 Å². The number of carbonyl (C=O) groups excluding carboxylic acids is 1. The summed E-state index contributed by atoms with van der Waals surface area (Å²) in [5, 5.41) is 0. The fourth-order valence-corrected chi connectivity index (χ4v) is 2.12. The van der Waals surface area contributed by atoms with Crippen LogP contribution in [0.3, 0.4) is 0 Å². The second kappa shape index (κ2) is 4.24. The Kier molecular flexibility index (Phi) is 2.95. The summed E-state index contributed by atoms with van der Waals surface area (Å²) < 4.78 is 0. The van der Waals surface area contributed by atoms with Gasteiger partial charge in [-0.05, 0) is 24.0 Å². The molecule has 0 spiro atoms. The molecule has 0 aliphatic carbocycles. The van der Waals surface area contributed by atoms with Gasteiger partial charge in [-0.25, -0.2) is 0 Å². The van der Waals surface area contributed by atoms with Crippen LogP contribution >= 0.6 is 0 Å². The number of aromatic nitrogens is 1. The number of hydrogen-bond donors (Lipinski definition) is 0. The molecule has 0 saturated carbocycles. The number of Topliss-reactive ketones (excluding diaryl/α,β-unsaturated/α-hetero) is 1. The third-order valence-corrected chi connectivity index (χ3v) is 3.46. The SMILES string of the molecule is CC(=O)c1ccc(N2CC(C)C(C)C2)cn1. The predicted octanol–water partition coefficient (Wildman–Crippen LogP) is 2.38. The van der Waals surface area contributed by atoms with Gasteiger partial charge in [-0.1, -0.05) is 13.8 Å². The van der Waals surface area contributed by atoms with Gasteiger partial charge >= 0.3 is 0 Å². The number of rotatable bonds is 2. The normalized spacial score (nSPS) is 24.8. The third kappa shape index (κ3) is 2.08. The van der Waals surface area contributed by atoms with Gasteiger partial charge < -0.3 is 4.90 Å². The van der Waals surface area contributed by atoms with Crippen molar-refractivity contribution in [1.82, 2.24) is 4.98 Å². The van der Waals surface area contributed by atoms with Gasteiger partial charge in [0, 0.05) is 20.0 Å². The summed E-state index contributed by atoms with van der Waals surface area (Å²) in [6, 6.07) is 3.81. The van der Waals surface area contributed by atoms with Crippen molar-refractivity contribution >= 4 is 11.5 Å². The molecule has 1 aliphatic rings. The standard InChI is InChI=1S/C13H18N2O/c1-9-7-15(8-10(9)2)12-4-5-13(11(3)16)14-6-12/h4-6,9-10H,7-8H2,1-3H3. The molecule has 86 valence electrons. The van der Waals surface area contributed by atoms with Crippen LogP contribution in [0, 0.1) is 11.8 Å². The number of ketones is 1. The first-order chi connectivity index (χ1) is 7.58. The van der Waals surface area contributed by atoms with Gasteiger partial charge in [-0.15, -0.1) is 0 Å². The highest BCUT2D eigenvalue weighted by Crippen LogP contribution is 2.27. The highest BCUT2D eigenvalue weighted by atomic mass is 16.1. The topological polar surface area (TPSA) is 33.2 Å². The predicted molar refractivity (Wildman–Crippen MR) is 64.8 cm³/mol. The molecule has 0 amide bonds. The maximum atomic E-state index is 11.1. The molecule has 2 heterocycles. The van der Waals surface area contributed by atoms with E-state index in [0.717, 1.165) is 30.6 Å². The van der Waals surface area contributed by atoms with Crippen LogP contribution in [-0.4, -0.2) is 23.9 Å². The molecule has 0 bridgehead atoms.